The molecule has 1 heterocycles. The minimum atomic E-state index is -4.36. The molecule has 25 heavy (non-hydrogen) atoms. The van der Waals surface area contributed by atoms with Crippen molar-refractivity contribution >= 4 is 30.6 Å². The predicted molar refractivity (Wildman–Crippen MR) is 96.5 cm³/mol. The van der Waals surface area contributed by atoms with Gasteiger partial charge in [0.05, 0.1) is 16.3 Å². The molecule has 4 aromatic rings. The monoisotopic (exact) mass is 357 g/mol. The summed E-state index contributed by atoms with van der Waals surface area (Å²) in [5.41, 5.74) is -0.712. The molecule has 0 bridgehead atoms. The van der Waals surface area contributed by atoms with Crippen molar-refractivity contribution in [1.29, 1.82) is 0 Å². The van der Waals surface area contributed by atoms with Crippen molar-refractivity contribution in [3.8, 4) is 4.90 Å². The molecule has 0 amide bonds. The topological polar surface area (TPSA) is 17.1 Å². The SMILES string of the molecule is O=c1c2ccccc2[s+](-c2ccc(C(F)(F)F)cc2)c2ccccc12. The summed E-state index contributed by atoms with van der Waals surface area (Å²) in [6.45, 7) is 0. The lowest BCUT2D eigenvalue weighted by Gasteiger charge is -2.06. The van der Waals surface area contributed by atoms with Gasteiger partial charge in [0.1, 0.15) is 0 Å². The molecule has 0 aliphatic carbocycles. The predicted octanol–water partition coefficient (Wildman–Crippen LogP) is 6.11. The molecule has 3 aromatic carbocycles. The normalized spacial score (nSPS) is 12.0. The zero-order chi connectivity index (χ0) is 17.6. The number of rotatable bonds is 1. The van der Waals surface area contributed by atoms with Crippen LogP contribution in [-0.4, -0.2) is 0 Å². The van der Waals surface area contributed by atoms with Crippen molar-refractivity contribution in [2.75, 3.05) is 0 Å². The fraction of sp³-hybridized carbons (Fsp3) is 0.0500. The number of fused-ring (bicyclic) bond motifs is 2. The third-order valence-electron chi connectivity index (χ3n) is 4.12. The van der Waals surface area contributed by atoms with Gasteiger partial charge < -0.3 is 0 Å². The standard InChI is InChI=1S/C20H12F3OS/c21-20(22,23)13-9-11-14(12-10-13)25-17-7-3-1-5-15(17)19(24)16-6-2-4-8-18(16)25/h1-12H/q+1. The summed E-state index contributed by atoms with van der Waals surface area (Å²) in [6.07, 6.45) is -4.36. The average molecular weight is 357 g/mol. The molecule has 0 saturated heterocycles. The van der Waals surface area contributed by atoms with E-state index in [4.69, 9.17) is 0 Å². The van der Waals surface area contributed by atoms with E-state index in [1.807, 2.05) is 24.3 Å². The van der Waals surface area contributed by atoms with Gasteiger partial charge in [0.2, 0.25) is 5.43 Å². The highest BCUT2D eigenvalue weighted by Gasteiger charge is 2.31. The van der Waals surface area contributed by atoms with Gasteiger partial charge in [0.15, 0.2) is 14.3 Å². The Labute approximate surface area is 143 Å². The van der Waals surface area contributed by atoms with Crippen LogP contribution in [0, 0.1) is 0 Å². The van der Waals surface area contributed by atoms with E-state index < -0.39 is 22.2 Å². The zero-order valence-electron chi connectivity index (χ0n) is 12.9. The van der Waals surface area contributed by atoms with Crippen molar-refractivity contribution in [3.63, 3.8) is 0 Å². The average Bonchev–Trinajstić information content (AvgIpc) is 2.62. The van der Waals surface area contributed by atoms with Crippen molar-refractivity contribution in [1.82, 2.24) is 0 Å². The lowest BCUT2D eigenvalue weighted by molar-refractivity contribution is -0.137. The highest BCUT2D eigenvalue weighted by molar-refractivity contribution is 7.49. The van der Waals surface area contributed by atoms with E-state index in [2.05, 4.69) is 0 Å². The number of benzene rings is 3. The van der Waals surface area contributed by atoms with Gasteiger partial charge in [-0.15, -0.1) is 0 Å². The highest BCUT2D eigenvalue weighted by atomic mass is 32.2. The van der Waals surface area contributed by atoms with E-state index in [-0.39, 0.29) is 5.43 Å². The van der Waals surface area contributed by atoms with E-state index in [1.54, 1.807) is 24.3 Å². The van der Waals surface area contributed by atoms with E-state index in [9.17, 15) is 18.0 Å². The Morgan fingerprint density at radius 1 is 0.680 bits per heavy atom. The summed E-state index contributed by atoms with van der Waals surface area (Å²) in [5.74, 6) is 0. The molecule has 0 fully saturated rings. The third kappa shape index (κ3) is 2.61. The second-order valence-corrected chi connectivity index (χ2v) is 7.61. The van der Waals surface area contributed by atoms with Crippen molar-refractivity contribution in [3.05, 3.63) is 88.6 Å². The first-order valence-electron chi connectivity index (χ1n) is 7.61. The van der Waals surface area contributed by atoms with E-state index in [0.29, 0.717) is 10.8 Å². The second-order valence-electron chi connectivity index (χ2n) is 5.65. The van der Waals surface area contributed by atoms with Crippen LogP contribution in [-0.2, 0) is 6.18 Å². The van der Waals surface area contributed by atoms with Gasteiger partial charge in [0.25, 0.3) is 0 Å². The molecule has 1 aromatic heterocycles. The number of halogens is 3. The van der Waals surface area contributed by atoms with Crippen LogP contribution in [0.25, 0.3) is 25.1 Å². The van der Waals surface area contributed by atoms with Crippen LogP contribution in [0.1, 0.15) is 5.56 Å². The van der Waals surface area contributed by atoms with E-state index in [0.717, 1.165) is 26.4 Å². The first kappa shape index (κ1) is 15.8. The van der Waals surface area contributed by atoms with Gasteiger partial charge in [-0.1, -0.05) is 24.3 Å². The van der Waals surface area contributed by atoms with E-state index >= 15 is 0 Å². The largest absolute Gasteiger partial charge is 0.416 e. The molecule has 4 rings (SSSR count). The Balaban J connectivity index is 2.09. The van der Waals surface area contributed by atoms with Gasteiger partial charge in [-0.05, 0) is 48.5 Å². The van der Waals surface area contributed by atoms with Gasteiger partial charge >= 0.3 is 6.18 Å². The first-order valence-corrected chi connectivity index (χ1v) is 8.83. The molecule has 0 aliphatic heterocycles. The molecule has 0 unspecified atom stereocenters. The van der Waals surface area contributed by atoms with Crippen LogP contribution >= 0.6 is 10.5 Å². The van der Waals surface area contributed by atoms with Crippen LogP contribution in [0.5, 0.6) is 0 Å². The number of hydrogen-bond donors (Lipinski definition) is 0. The number of alkyl halides is 3. The second kappa shape index (κ2) is 5.70. The first-order chi connectivity index (χ1) is 12.0. The molecular formula is C20H12F3OS+. The highest BCUT2D eigenvalue weighted by Crippen LogP contribution is 2.43. The molecule has 0 aliphatic rings. The fourth-order valence-electron chi connectivity index (χ4n) is 2.96. The summed E-state index contributed by atoms with van der Waals surface area (Å²) < 4.78 is 40.3. The van der Waals surface area contributed by atoms with Gasteiger partial charge in [-0.2, -0.15) is 13.2 Å². The van der Waals surface area contributed by atoms with Gasteiger partial charge in [0, 0.05) is 10.5 Å². The molecule has 0 atom stereocenters. The minimum absolute atomic E-state index is 0.0399. The minimum Gasteiger partial charge on any atom is -0.288 e. The Morgan fingerprint density at radius 3 is 1.64 bits per heavy atom. The van der Waals surface area contributed by atoms with Crippen LogP contribution in [0.4, 0.5) is 13.2 Å². The molecular weight excluding hydrogens is 345 g/mol. The summed E-state index contributed by atoms with van der Waals surface area (Å²) in [5, 5.41) is 1.23. The third-order valence-corrected chi connectivity index (χ3v) is 6.46. The molecule has 0 saturated carbocycles. The van der Waals surface area contributed by atoms with Crippen molar-refractivity contribution in [2.24, 2.45) is 0 Å². The van der Waals surface area contributed by atoms with Crippen LogP contribution in [0.15, 0.2) is 77.6 Å². The maximum Gasteiger partial charge on any atom is 0.416 e. The molecule has 5 heteroatoms. The Morgan fingerprint density at radius 2 is 1.16 bits per heavy atom. The van der Waals surface area contributed by atoms with Gasteiger partial charge in [-0.3, -0.25) is 4.79 Å². The maximum absolute atomic E-state index is 12.8. The molecule has 0 radical (unpaired) electrons. The zero-order valence-corrected chi connectivity index (χ0v) is 13.7. The van der Waals surface area contributed by atoms with Crippen molar-refractivity contribution in [2.45, 2.75) is 6.18 Å². The van der Waals surface area contributed by atoms with Crippen LogP contribution in [0.3, 0.4) is 0 Å². The Kier molecular flexibility index (Phi) is 3.62. The van der Waals surface area contributed by atoms with E-state index in [1.165, 1.54) is 12.1 Å². The van der Waals surface area contributed by atoms with Crippen LogP contribution < -0.4 is 5.43 Å². The Hall–Kier alpha value is -2.66. The quantitative estimate of drug-likeness (QED) is 0.297. The fourth-order valence-corrected chi connectivity index (χ4v) is 5.31. The smallest absolute Gasteiger partial charge is 0.288 e. The molecule has 0 spiro atoms. The Bertz CT molecular complexity index is 1080. The lowest BCUT2D eigenvalue weighted by atomic mass is 10.2. The molecule has 124 valence electrons. The lowest BCUT2D eigenvalue weighted by Crippen LogP contribution is -2.04. The van der Waals surface area contributed by atoms with Gasteiger partial charge in [-0.25, -0.2) is 0 Å². The summed E-state index contributed by atoms with van der Waals surface area (Å²) in [4.78, 5) is 13.5. The van der Waals surface area contributed by atoms with Crippen molar-refractivity contribution < 1.29 is 13.2 Å². The summed E-state index contributed by atoms with van der Waals surface area (Å²) in [6, 6.07) is 19.8. The number of hydrogen-bond acceptors (Lipinski definition) is 1. The molecule has 0 N–H and O–H groups in total. The summed E-state index contributed by atoms with van der Waals surface area (Å²) >= 11 is 0. The van der Waals surface area contributed by atoms with Crippen LogP contribution in [0.2, 0.25) is 0 Å². The maximum atomic E-state index is 12.8. The molecule has 1 nitrogen and oxygen atoms in total. The summed E-state index contributed by atoms with van der Waals surface area (Å²) in [7, 11) is -0.602.